The summed E-state index contributed by atoms with van der Waals surface area (Å²) in [5.41, 5.74) is 5.76. The zero-order valence-corrected chi connectivity index (χ0v) is 50.5. The van der Waals surface area contributed by atoms with E-state index in [1.54, 1.807) is 52.8 Å². The molecule has 4 fully saturated rings. The van der Waals surface area contributed by atoms with Crippen molar-refractivity contribution in [3.63, 3.8) is 0 Å². The molecule has 6 aromatic rings. The highest BCUT2D eigenvalue weighted by Gasteiger charge is 2.39. The molecule has 3 aliphatic heterocycles. The van der Waals surface area contributed by atoms with Gasteiger partial charge in [-0.15, -0.1) is 0 Å². The van der Waals surface area contributed by atoms with Crippen LogP contribution in [0.1, 0.15) is 113 Å². The topological polar surface area (TPSA) is 218 Å². The number of amides is 6. The van der Waals surface area contributed by atoms with Gasteiger partial charge in [0, 0.05) is 107 Å². The molecule has 462 valence electrons. The predicted molar refractivity (Wildman–Crippen MR) is 332 cm³/mol. The monoisotopic (exact) mass is 1200 g/mol. The predicted octanol–water partition coefficient (Wildman–Crippen LogP) is 6.84. The second-order valence-electron chi connectivity index (χ2n) is 24.4. The van der Waals surface area contributed by atoms with E-state index in [0.717, 1.165) is 66.5 Å². The molecule has 0 bridgehead atoms. The van der Waals surface area contributed by atoms with Crippen LogP contribution >= 0.6 is 0 Å². The maximum atomic E-state index is 15.1. The lowest BCUT2D eigenvalue weighted by Crippen LogP contribution is -2.60. The van der Waals surface area contributed by atoms with Gasteiger partial charge in [0.15, 0.2) is 0 Å². The largest absolute Gasteiger partial charge is 0.448 e. The highest BCUT2D eigenvalue weighted by molar-refractivity contribution is 5.99. The van der Waals surface area contributed by atoms with Gasteiger partial charge in [0.2, 0.25) is 17.7 Å². The summed E-state index contributed by atoms with van der Waals surface area (Å²) in [6, 6.07) is 35.5. The minimum atomic E-state index is -1.17. The van der Waals surface area contributed by atoms with E-state index in [0.29, 0.717) is 98.8 Å². The summed E-state index contributed by atoms with van der Waals surface area (Å²) < 4.78 is 21.1. The second-order valence-corrected chi connectivity index (χ2v) is 24.4. The molecule has 1 aromatic heterocycles. The van der Waals surface area contributed by atoms with Crippen LogP contribution in [-0.2, 0) is 30.3 Å². The van der Waals surface area contributed by atoms with Gasteiger partial charge < -0.3 is 39.8 Å². The lowest BCUT2D eigenvalue weighted by Gasteiger charge is -2.39. The first-order chi connectivity index (χ1) is 42.6. The van der Waals surface area contributed by atoms with Crippen LogP contribution in [0.2, 0.25) is 0 Å². The van der Waals surface area contributed by atoms with Crippen LogP contribution in [0, 0.1) is 11.7 Å². The number of nitrogens with zero attached hydrogens (tertiary/aromatic N) is 7. The Hall–Kier alpha value is -8.62. The summed E-state index contributed by atoms with van der Waals surface area (Å²) in [6.07, 6.45) is 3.98. The third-order valence-electron chi connectivity index (χ3n) is 17.9. The van der Waals surface area contributed by atoms with Gasteiger partial charge in [-0.25, -0.2) is 14.3 Å². The maximum Gasteiger partial charge on any atom is 0.410 e. The van der Waals surface area contributed by atoms with Crippen molar-refractivity contribution in [2.75, 3.05) is 98.2 Å². The van der Waals surface area contributed by atoms with Crippen molar-refractivity contribution >= 4 is 53.2 Å². The van der Waals surface area contributed by atoms with Crippen LogP contribution in [0.15, 0.2) is 120 Å². The molecular formula is C68H79FN10O9. The number of hydrogen-bond donors (Lipinski definition) is 3. The van der Waals surface area contributed by atoms with Gasteiger partial charge in [-0.05, 0) is 122 Å². The lowest BCUT2D eigenvalue weighted by molar-refractivity contribution is -0.138. The Morgan fingerprint density at radius 2 is 1.41 bits per heavy atom. The Morgan fingerprint density at radius 3 is 2.11 bits per heavy atom. The molecule has 1 saturated carbocycles. The first-order valence-electron chi connectivity index (χ1n) is 30.7. The number of hydrogen-bond acceptors (Lipinski definition) is 12. The average Bonchev–Trinajstić information content (AvgIpc) is 2.08. The molecule has 0 radical (unpaired) electrons. The Bertz CT molecular complexity index is 3550. The van der Waals surface area contributed by atoms with Crippen molar-refractivity contribution in [1.29, 1.82) is 0 Å². The SMILES string of the molecule is C=O.CC(CCNCC(=O)N1CCN(C(=O)c2cc(Cc3n[nH]c(=O)c4ccccc34)ccc2F)CC1)CN1CCN(C(=O)C(C)(C)NC(=O)c2cccc(C3CCCN(C(=O)CN(C(=O)OCC4c5ccccc5-c5ccccc54)C4CC4)C3)c2)CC1. The number of benzene rings is 5. The molecular weight excluding hydrogens is 1120 g/mol. The second kappa shape index (κ2) is 28.0. The van der Waals surface area contributed by atoms with Gasteiger partial charge in [0.1, 0.15) is 31.3 Å². The molecule has 88 heavy (non-hydrogen) atoms. The maximum absolute atomic E-state index is 15.1. The average molecular weight is 1200 g/mol. The van der Waals surface area contributed by atoms with E-state index < -0.39 is 23.4 Å². The van der Waals surface area contributed by atoms with Gasteiger partial charge >= 0.3 is 6.09 Å². The minimum absolute atomic E-state index is 0.00609. The Balaban J connectivity index is 0.00000423. The van der Waals surface area contributed by atoms with Crippen LogP contribution in [0.4, 0.5) is 9.18 Å². The van der Waals surface area contributed by atoms with Crippen molar-refractivity contribution in [2.24, 2.45) is 5.92 Å². The van der Waals surface area contributed by atoms with E-state index in [-0.39, 0.29) is 85.4 Å². The van der Waals surface area contributed by atoms with Crippen LogP contribution in [-0.4, -0.2) is 192 Å². The van der Waals surface area contributed by atoms with E-state index in [1.807, 2.05) is 71.2 Å². The highest BCUT2D eigenvalue weighted by Crippen LogP contribution is 2.45. The normalized spacial score (nSPS) is 17.3. The third kappa shape index (κ3) is 14.5. The van der Waals surface area contributed by atoms with Gasteiger partial charge in [0.05, 0.1) is 23.2 Å². The first kappa shape index (κ1) is 62.4. The number of halogens is 1. The summed E-state index contributed by atoms with van der Waals surface area (Å²) in [7, 11) is 0. The van der Waals surface area contributed by atoms with E-state index >= 15 is 4.39 Å². The molecule has 11 rings (SSSR count). The van der Waals surface area contributed by atoms with Crippen LogP contribution in [0.5, 0.6) is 0 Å². The molecule has 3 N–H and O–H groups in total. The zero-order valence-electron chi connectivity index (χ0n) is 50.5. The van der Waals surface area contributed by atoms with E-state index in [9.17, 15) is 33.6 Å². The van der Waals surface area contributed by atoms with Crippen molar-refractivity contribution in [3.05, 3.63) is 171 Å². The number of ether oxygens (including phenoxy) is 1. The summed E-state index contributed by atoms with van der Waals surface area (Å²) in [6.45, 7) is 14.2. The summed E-state index contributed by atoms with van der Waals surface area (Å²) in [5.74, 6) is -1.49. The molecule has 0 spiro atoms. The lowest BCUT2D eigenvalue weighted by atomic mass is 9.89. The van der Waals surface area contributed by atoms with Gasteiger partial charge in [-0.2, -0.15) is 5.10 Å². The Morgan fingerprint density at radius 1 is 0.750 bits per heavy atom. The fourth-order valence-electron chi connectivity index (χ4n) is 12.9. The standard InChI is InChI=1S/C67H77FN10O8.CH2O/c1-44(25-26-69-39-60(79)74-32-34-75(35-33-74)64(83)56-36-45(21-24-58(56)68)37-59-54-19-8-9-20-55(54)63(82)72-71-59)40-73-28-30-76(31-29-73)65(84)67(2,3)70-62(81)47-13-10-12-46(38-47)48-14-11-27-77(41-48)61(80)42-78(49-22-23-49)66(85)86-43-57-52-17-6-4-15-50(52)51-16-5-7-18-53(51)57;1-2/h4-10,12-13,15-21,24,36,38,44,48-49,57,69H,11,14,22-23,25-35,37,39-43H2,1-3H3,(H,70,81)(H,72,82);1H2. The van der Waals surface area contributed by atoms with Crippen molar-refractivity contribution in [3.8, 4) is 11.1 Å². The molecule has 20 heteroatoms. The number of H-pyrrole nitrogens is 1. The molecule has 2 aliphatic carbocycles. The Labute approximate surface area is 512 Å². The molecule has 19 nitrogen and oxygen atoms in total. The molecule has 5 aromatic carbocycles. The van der Waals surface area contributed by atoms with Crippen LogP contribution in [0.3, 0.4) is 0 Å². The number of nitrogens with one attached hydrogen (secondary N) is 3. The fraction of sp³-hybridized carbons (Fsp3) is 0.426. The summed E-state index contributed by atoms with van der Waals surface area (Å²) >= 11 is 0. The van der Waals surface area contributed by atoms with E-state index in [2.05, 4.69) is 56.9 Å². The Kier molecular flexibility index (Phi) is 19.9. The number of rotatable bonds is 19. The fourth-order valence-corrected chi connectivity index (χ4v) is 12.9. The van der Waals surface area contributed by atoms with Crippen molar-refractivity contribution in [1.82, 2.24) is 50.2 Å². The molecule has 2 atom stereocenters. The molecule has 2 unspecified atom stereocenters. The zero-order chi connectivity index (χ0) is 62.1. The van der Waals surface area contributed by atoms with Gasteiger partial charge in [0.25, 0.3) is 17.4 Å². The van der Waals surface area contributed by atoms with Crippen LogP contribution < -0.4 is 16.2 Å². The number of piperidine rings is 1. The molecule has 4 heterocycles. The van der Waals surface area contributed by atoms with E-state index in [1.165, 1.54) is 12.1 Å². The number of carbonyl (C=O) groups is 7. The van der Waals surface area contributed by atoms with Gasteiger partial charge in [-0.3, -0.25) is 38.6 Å². The van der Waals surface area contributed by atoms with Crippen molar-refractivity contribution < 1.29 is 42.7 Å². The summed E-state index contributed by atoms with van der Waals surface area (Å²) in [5, 5.41) is 14.3. The smallest absolute Gasteiger partial charge is 0.410 e. The summed E-state index contributed by atoms with van der Waals surface area (Å²) in [4.78, 5) is 113. The minimum Gasteiger partial charge on any atom is -0.448 e. The van der Waals surface area contributed by atoms with Crippen molar-refractivity contribution in [2.45, 2.75) is 82.7 Å². The first-order valence-corrected chi connectivity index (χ1v) is 30.7. The number of fused-ring (bicyclic) bond motifs is 4. The molecule has 5 aliphatic rings. The molecule has 6 amide bonds. The van der Waals surface area contributed by atoms with E-state index in [4.69, 9.17) is 9.53 Å². The van der Waals surface area contributed by atoms with Crippen LogP contribution in [0.25, 0.3) is 21.9 Å². The highest BCUT2D eigenvalue weighted by atomic mass is 19.1. The number of piperazine rings is 2. The number of aromatic nitrogens is 2. The number of aromatic amines is 1. The van der Waals surface area contributed by atoms with Gasteiger partial charge in [-0.1, -0.05) is 91.9 Å². The number of carbonyl (C=O) groups excluding carboxylic acids is 7. The third-order valence-corrected chi connectivity index (χ3v) is 17.9. The molecule has 3 saturated heterocycles. The number of likely N-dealkylation sites (tertiary alicyclic amines) is 1. The quantitative estimate of drug-likeness (QED) is 0.0711.